The Hall–Kier alpha value is -1.89. The van der Waals surface area contributed by atoms with Gasteiger partial charge in [-0.25, -0.2) is 12.7 Å². The molecule has 0 saturated carbocycles. The van der Waals surface area contributed by atoms with Crippen LogP contribution < -0.4 is 0 Å². The molecule has 6 nitrogen and oxygen atoms in total. The number of carbonyl (C=O) groups excluding carboxylic acids is 2. The highest BCUT2D eigenvalue weighted by Crippen LogP contribution is 2.30. The SMILES string of the molecule is CC[C@H]1CCCCN1C(=O)CN1C(=O)c2ccccc2S1(=O)=O. The second kappa shape index (κ2) is 5.96. The predicted octanol–water partition coefficient (Wildman–Crippen LogP) is 1.62. The zero-order valence-electron chi connectivity index (χ0n) is 13.1. The van der Waals surface area contributed by atoms with Crippen LogP contribution >= 0.6 is 0 Å². The molecule has 2 aliphatic rings. The maximum absolute atomic E-state index is 12.6. The molecule has 0 unspecified atom stereocenters. The largest absolute Gasteiger partial charge is 0.338 e. The van der Waals surface area contributed by atoms with Crippen molar-refractivity contribution in [2.75, 3.05) is 13.1 Å². The van der Waals surface area contributed by atoms with Gasteiger partial charge < -0.3 is 4.90 Å². The normalized spacial score (nSPS) is 23.0. The third-order valence-corrected chi connectivity index (χ3v) is 6.40. The van der Waals surface area contributed by atoms with E-state index in [1.807, 2.05) is 6.92 Å². The Morgan fingerprint density at radius 3 is 2.70 bits per heavy atom. The van der Waals surface area contributed by atoms with Crippen molar-refractivity contribution in [1.29, 1.82) is 0 Å². The van der Waals surface area contributed by atoms with Crippen molar-refractivity contribution in [2.45, 2.75) is 43.5 Å². The van der Waals surface area contributed by atoms with E-state index in [0.717, 1.165) is 25.7 Å². The molecule has 2 heterocycles. The smallest absolute Gasteiger partial charge is 0.269 e. The Labute approximate surface area is 136 Å². The lowest BCUT2D eigenvalue weighted by molar-refractivity contribution is -0.134. The topological polar surface area (TPSA) is 74.8 Å². The van der Waals surface area contributed by atoms with Crippen molar-refractivity contribution < 1.29 is 18.0 Å². The number of piperidine rings is 1. The van der Waals surface area contributed by atoms with E-state index in [-0.39, 0.29) is 22.4 Å². The van der Waals surface area contributed by atoms with Gasteiger partial charge in [0.25, 0.3) is 15.9 Å². The van der Waals surface area contributed by atoms with Crippen molar-refractivity contribution in [1.82, 2.24) is 9.21 Å². The first-order chi connectivity index (χ1) is 11.0. The van der Waals surface area contributed by atoms with E-state index < -0.39 is 22.5 Å². The molecule has 0 spiro atoms. The van der Waals surface area contributed by atoms with Crippen molar-refractivity contribution in [2.24, 2.45) is 0 Å². The van der Waals surface area contributed by atoms with Gasteiger partial charge in [0, 0.05) is 12.6 Å². The number of hydrogen-bond acceptors (Lipinski definition) is 4. The summed E-state index contributed by atoms with van der Waals surface area (Å²) in [6.07, 6.45) is 3.77. The van der Waals surface area contributed by atoms with E-state index in [9.17, 15) is 18.0 Å². The lowest BCUT2D eigenvalue weighted by atomic mass is 10.00. The van der Waals surface area contributed by atoms with Crippen LogP contribution in [0.25, 0.3) is 0 Å². The molecule has 0 N–H and O–H groups in total. The average molecular weight is 336 g/mol. The number of amides is 2. The van der Waals surface area contributed by atoms with E-state index in [0.29, 0.717) is 10.8 Å². The van der Waals surface area contributed by atoms with Crippen molar-refractivity contribution in [3.8, 4) is 0 Å². The molecule has 1 atom stereocenters. The maximum atomic E-state index is 12.6. The zero-order valence-corrected chi connectivity index (χ0v) is 13.9. The van der Waals surface area contributed by atoms with Crippen LogP contribution in [0.2, 0.25) is 0 Å². The molecule has 2 aliphatic heterocycles. The lowest BCUT2D eigenvalue weighted by Crippen LogP contribution is -2.48. The first-order valence-corrected chi connectivity index (χ1v) is 9.36. The van der Waals surface area contributed by atoms with Gasteiger partial charge in [-0.3, -0.25) is 9.59 Å². The first kappa shape index (κ1) is 16.0. The van der Waals surface area contributed by atoms with E-state index >= 15 is 0 Å². The Morgan fingerprint density at radius 1 is 1.26 bits per heavy atom. The highest BCUT2D eigenvalue weighted by atomic mass is 32.2. The number of carbonyl (C=O) groups is 2. The van der Waals surface area contributed by atoms with Gasteiger partial charge in [-0.15, -0.1) is 0 Å². The van der Waals surface area contributed by atoms with Crippen LogP contribution in [0.4, 0.5) is 0 Å². The highest BCUT2D eigenvalue weighted by Gasteiger charge is 2.42. The molecule has 3 rings (SSSR count). The first-order valence-electron chi connectivity index (χ1n) is 7.92. The van der Waals surface area contributed by atoms with Gasteiger partial charge in [0.1, 0.15) is 11.4 Å². The van der Waals surface area contributed by atoms with Gasteiger partial charge in [-0.1, -0.05) is 19.1 Å². The summed E-state index contributed by atoms with van der Waals surface area (Å²) in [7, 11) is -3.92. The van der Waals surface area contributed by atoms with Gasteiger partial charge in [0.2, 0.25) is 5.91 Å². The monoisotopic (exact) mass is 336 g/mol. The summed E-state index contributed by atoms with van der Waals surface area (Å²) in [5.74, 6) is -0.903. The van der Waals surface area contributed by atoms with Gasteiger partial charge >= 0.3 is 0 Å². The molecule has 1 aromatic rings. The van der Waals surface area contributed by atoms with E-state index in [2.05, 4.69) is 0 Å². The van der Waals surface area contributed by atoms with Crippen LogP contribution in [0.5, 0.6) is 0 Å². The number of benzene rings is 1. The number of hydrogen-bond donors (Lipinski definition) is 0. The second-order valence-corrected chi connectivity index (χ2v) is 7.79. The molecule has 1 saturated heterocycles. The van der Waals surface area contributed by atoms with Crippen LogP contribution in [-0.2, 0) is 14.8 Å². The van der Waals surface area contributed by atoms with Crippen LogP contribution in [0.15, 0.2) is 29.2 Å². The number of sulfonamides is 1. The van der Waals surface area contributed by atoms with Crippen LogP contribution in [0.3, 0.4) is 0 Å². The summed E-state index contributed by atoms with van der Waals surface area (Å²) in [5, 5.41) is 0. The molecule has 0 aliphatic carbocycles. The van der Waals surface area contributed by atoms with Gasteiger partial charge in [-0.2, -0.15) is 0 Å². The summed E-state index contributed by atoms with van der Waals surface area (Å²) < 4.78 is 25.7. The lowest BCUT2D eigenvalue weighted by Gasteiger charge is -2.36. The van der Waals surface area contributed by atoms with E-state index in [1.165, 1.54) is 12.1 Å². The summed E-state index contributed by atoms with van der Waals surface area (Å²) >= 11 is 0. The van der Waals surface area contributed by atoms with E-state index in [1.54, 1.807) is 17.0 Å². The van der Waals surface area contributed by atoms with Gasteiger partial charge in [-0.05, 0) is 37.8 Å². The summed E-state index contributed by atoms with van der Waals surface area (Å²) in [4.78, 5) is 26.7. The molecule has 2 amide bonds. The van der Waals surface area contributed by atoms with Crippen LogP contribution in [0.1, 0.15) is 43.0 Å². The minimum atomic E-state index is -3.92. The molecule has 0 bridgehead atoms. The van der Waals surface area contributed by atoms with Crippen LogP contribution in [0, 0.1) is 0 Å². The number of likely N-dealkylation sites (tertiary alicyclic amines) is 1. The fourth-order valence-electron chi connectivity index (χ4n) is 3.35. The summed E-state index contributed by atoms with van der Waals surface area (Å²) in [5.41, 5.74) is 0.144. The van der Waals surface area contributed by atoms with Crippen molar-refractivity contribution in [3.63, 3.8) is 0 Å². The minimum absolute atomic E-state index is 0.0107. The molecule has 7 heteroatoms. The highest BCUT2D eigenvalue weighted by molar-refractivity contribution is 7.90. The molecule has 1 fully saturated rings. The Kier molecular flexibility index (Phi) is 4.14. The van der Waals surface area contributed by atoms with Crippen molar-refractivity contribution >= 4 is 21.8 Å². The molecule has 1 aromatic carbocycles. The third kappa shape index (κ3) is 2.63. The van der Waals surface area contributed by atoms with Crippen molar-refractivity contribution in [3.05, 3.63) is 29.8 Å². The second-order valence-electron chi connectivity index (χ2n) is 5.96. The predicted molar refractivity (Wildman–Crippen MR) is 84.3 cm³/mol. The minimum Gasteiger partial charge on any atom is -0.338 e. The molecule has 0 aromatic heterocycles. The van der Waals surface area contributed by atoms with Crippen LogP contribution in [-0.4, -0.2) is 48.6 Å². The van der Waals surface area contributed by atoms with E-state index in [4.69, 9.17) is 0 Å². The Bertz CT molecular complexity index is 744. The molecule has 124 valence electrons. The summed E-state index contributed by atoms with van der Waals surface area (Å²) in [6, 6.07) is 6.22. The molecule has 0 radical (unpaired) electrons. The fourth-order valence-corrected chi connectivity index (χ4v) is 4.87. The standard InChI is InChI=1S/C16H20N2O4S/c1-2-12-7-5-6-10-17(12)15(19)11-18-16(20)13-8-3-4-9-14(13)23(18,21)22/h3-4,8-9,12H,2,5-7,10-11H2,1H3/t12-/m0/s1. The fraction of sp³-hybridized carbons (Fsp3) is 0.500. The van der Waals surface area contributed by atoms with Gasteiger partial charge in [0.05, 0.1) is 5.56 Å². The maximum Gasteiger partial charge on any atom is 0.269 e. The quantitative estimate of drug-likeness (QED) is 0.841. The molecular formula is C16H20N2O4S. The summed E-state index contributed by atoms with van der Waals surface area (Å²) in [6.45, 7) is 2.24. The molecule has 23 heavy (non-hydrogen) atoms. The average Bonchev–Trinajstić information content (AvgIpc) is 2.76. The number of nitrogens with zero attached hydrogens (tertiary/aromatic N) is 2. The number of rotatable bonds is 3. The number of fused-ring (bicyclic) bond motifs is 1. The zero-order chi connectivity index (χ0) is 16.6. The Morgan fingerprint density at radius 2 is 2.00 bits per heavy atom. The Balaban J connectivity index is 1.83. The third-order valence-electron chi connectivity index (χ3n) is 4.61. The van der Waals surface area contributed by atoms with Gasteiger partial charge in [0.15, 0.2) is 0 Å². The molecular weight excluding hydrogens is 316 g/mol.